The lowest BCUT2D eigenvalue weighted by Crippen LogP contribution is -2.39. The van der Waals surface area contributed by atoms with Crippen molar-refractivity contribution >= 4 is 29.6 Å². The van der Waals surface area contributed by atoms with Crippen LogP contribution in [0.15, 0.2) is 126 Å². The number of aliphatic hydroxyl groups is 1. The van der Waals surface area contributed by atoms with E-state index in [4.69, 9.17) is 9.47 Å². The number of hydrogen-bond donors (Lipinski definition) is 2. The van der Waals surface area contributed by atoms with Gasteiger partial charge < -0.3 is 29.8 Å². The number of esters is 2. The Bertz CT molecular complexity index is 2020. The summed E-state index contributed by atoms with van der Waals surface area (Å²) in [7, 11) is 0. The van der Waals surface area contributed by atoms with E-state index in [2.05, 4.69) is 22.2 Å². The number of aromatic nitrogens is 1. The standard InChI is InChI=1S/C39H32N2O8S/c42-22-25-11-13-27(14-12-25)35-34(26-6-2-1-3-7-26)32(23-50-33-8-4-5-19-41(33)46)47-39(48-35)28-15-9-24(10-16-28)21-40-36(43)29-17-18-30-31(20-29)38(45)49-37(30)44/h1-20,32,34-35,39,42H,21-23H2,(H,40,43). The maximum absolute atomic E-state index is 12.9. The Balaban J connectivity index is 1.12. The fraction of sp³-hybridized carbons (Fsp3) is 0.179. The minimum absolute atomic E-state index is 0.0685. The van der Waals surface area contributed by atoms with Crippen LogP contribution >= 0.6 is 11.8 Å². The third-order valence-electron chi connectivity index (χ3n) is 8.77. The zero-order valence-electron chi connectivity index (χ0n) is 26.6. The number of benzene rings is 4. The molecule has 10 nitrogen and oxygen atoms in total. The molecule has 2 N–H and O–H groups in total. The number of hydrogen-bond acceptors (Lipinski definition) is 9. The van der Waals surface area contributed by atoms with Gasteiger partial charge in [0.15, 0.2) is 12.5 Å². The molecule has 0 radical (unpaired) electrons. The highest BCUT2D eigenvalue weighted by atomic mass is 32.2. The van der Waals surface area contributed by atoms with E-state index >= 15 is 0 Å². The second-order valence-corrected chi connectivity index (χ2v) is 13.0. The van der Waals surface area contributed by atoms with Gasteiger partial charge in [0, 0.05) is 41.5 Å². The number of carbonyl (C=O) groups excluding carboxylic acids is 3. The van der Waals surface area contributed by atoms with Gasteiger partial charge in [-0.3, -0.25) is 4.79 Å². The van der Waals surface area contributed by atoms with Crippen LogP contribution in [0.1, 0.15) is 77.2 Å². The van der Waals surface area contributed by atoms with E-state index in [1.54, 1.807) is 12.1 Å². The summed E-state index contributed by atoms with van der Waals surface area (Å²) in [6.07, 6.45) is -0.0359. The molecule has 4 atom stereocenters. The molecule has 3 heterocycles. The first-order valence-corrected chi connectivity index (χ1v) is 17.0. The largest absolute Gasteiger partial charge is 0.618 e. The van der Waals surface area contributed by atoms with Crippen molar-refractivity contribution in [1.82, 2.24) is 5.32 Å². The van der Waals surface area contributed by atoms with Gasteiger partial charge in [0.05, 0.1) is 29.9 Å². The molecule has 0 aliphatic carbocycles. The number of nitrogens with one attached hydrogen (secondary N) is 1. The molecule has 4 unspecified atom stereocenters. The normalized spacial score (nSPS) is 19.9. The quantitative estimate of drug-likeness (QED) is 0.0615. The van der Waals surface area contributed by atoms with Crippen LogP contribution in [-0.4, -0.2) is 34.8 Å². The third kappa shape index (κ3) is 7.03. The Labute approximate surface area is 292 Å². The number of nitrogens with zero attached hydrogens (tertiary/aromatic N) is 1. The van der Waals surface area contributed by atoms with Gasteiger partial charge in [0.1, 0.15) is 0 Å². The molecular weight excluding hydrogens is 657 g/mol. The van der Waals surface area contributed by atoms with Gasteiger partial charge >= 0.3 is 11.9 Å². The molecule has 11 heteroatoms. The van der Waals surface area contributed by atoms with Crippen LogP contribution in [0.5, 0.6) is 0 Å². The average Bonchev–Trinajstić information content (AvgIpc) is 3.45. The van der Waals surface area contributed by atoms with Crippen molar-refractivity contribution in [2.45, 2.75) is 42.6 Å². The molecule has 0 saturated carbocycles. The highest BCUT2D eigenvalue weighted by Gasteiger charge is 2.42. The fourth-order valence-electron chi connectivity index (χ4n) is 6.15. The first-order chi connectivity index (χ1) is 24.4. The highest BCUT2D eigenvalue weighted by Crippen LogP contribution is 2.48. The van der Waals surface area contributed by atoms with Crippen LogP contribution in [0, 0.1) is 5.21 Å². The summed E-state index contributed by atoms with van der Waals surface area (Å²) < 4.78 is 18.9. The minimum atomic E-state index is -0.767. The molecule has 0 bridgehead atoms. The highest BCUT2D eigenvalue weighted by molar-refractivity contribution is 7.99. The van der Waals surface area contributed by atoms with Gasteiger partial charge in [-0.1, -0.05) is 90.6 Å². The van der Waals surface area contributed by atoms with Crippen molar-refractivity contribution in [3.63, 3.8) is 0 Å². The monoisotopic (exact) mass is 688 g/mol. The van der Waals surface area contributed by atoms with Gasteiger partial charge in [0.2, 0.25) is 0 Å². The van der Waals surface area contributed by atoms with Crippen molar-refractivity contribution in [1.29, 1.82) is 0 Å². The van der Waals surface area contributed by atoms with E-state index in [1.165, 1.54) is 36.2 Å². The van der Waals surface area contributed by atoms with Crippen LogP contribution in [0.3, 0.4) is 0 Å². The maximum Gasteiger partial charge on any atom is 0.346 e. The molecule has 4 aromatic carbocycles. The van der Waals surface area contributed by atoms with Crippen molar-refractivity contribution < 1.29 is 38.4 Å². The molecular formula is C39H32N2O8S. The Morgan fingerprint density at radius 1 is 0.780 bits per heavy atom. The minimum Gasteiger partial charge on any atom is -0.618 e. The Morgan fingerprint density at radius 2 is 1.48 bits per heavy atom. The van der Waals surface area contributed by atoms with Gasteiger partial charge in [-0.2, -0.15) is 4.73 Å². The number of ether oxygens (including phenoxy) is 3. The van der Waals surface area contributed by atoms with Crippen molar-refractivity contribution in [3.8, 4) is 0 Å². The number of amides is 1. The first-order valence-electron chi connectivity index (χ1n) is 16.0. The van der Waals surface area contributed by atoms with E-state index < -0.39 is 30.2 Å². The Kier molecular flexibility index (Phi) is 9.72. The van der Waals surface area contributed by atoms with E-state index in [-0.39, 0.29) is 41.9 Å². The second-order valence-electron chi connectivity index (χ2n) is 11.9. The Hall–Kier alpha value is -5.33. The molecule has 1 fully saturated rings. The Morgan fingerprint density at radius 3 is 2.22 bits per heavy atom. The van der Waals surface area contributed by atoms with Crippen LogP contribution in [0.25, 0.3) is 0 Å². The molecule has 2 aliphatic heterocycles. The first kappa shape index (κ1) is 33.2. The average molecular weight is 689 g/mol. The number of cyclic esters (lactones) is 2. The molecule has 1 amide bonds. The van der Waals surface area contributed by atoms with Crippen LogP contribution < -0.4 is 10.0 Å². The molecule has 5 aromatic rings. The number of thioether (sulfide) groups is 1. The van der Waals surface area contributed by atoms with Gasteiger partial charge in [-0.25, -0.2) is 9.59 Å². The lowest BCUT2D eigenvalue weighted by Gasteiger charge is -2.43. The number of fused-ring (bicyclic) bond motifs is 1. The summed E-state index contributed by atoms with van der Waals surface area (Å²) in [6.45, 7) is 0.147. The second kappa shape index (κ2) is 14.7. The van der Waals surface area contributed by atoms with Crippen LogP contribution in [0.4, 0.5) is 0 Å². The van der Waals surface area contributed by atoms with Gasteiger partial charge in [-0.05, 0) is 46.5 Å². The molecule has 50 heavy (non-hydrogen) atoms. The van der Waals surface area contributed by atoms with E-state index in [1.807, 2.05) is 72.8 Å². The summed E-state index contributed by atoms with van der Waals surface area (Å²) in [5.41, 5.74) is 4.82. The number of pyridine rings is 1. The molecule has 252 valence electrons. The van der Waals surface area contributed by atoms with Crippen LogP contribution in [-0.2, 0) is 27.4 Å². The lowest BCUT2D eigenvalue weighted by atomic mass is 9.84. The zero-order chi connectivity index (χ0) is 34.6. The van der Waals surface area contributed by atoms with Gasteiger partial charge in [-0.15, -0.1) is 0 Å². The molecule has 2 aliphatic rings. The summed E-state index contributed by atoms with van der Waals surface area (Å²) in [5, 5.41) is 25.6. The van der Waals surface area contributed by atoms with Crippen molar-refractivity contribution in [2.75, 3.05) is 5.75 Å². The predicted octanol–water partition coefficient (Wildman–Crippen LogP) is 5.78. The summed E-state index contributed by atoms with van der Waals surface area (Å²) in [6, 6.07) is 34.8. The third-order valence-corrected chi connectivity index (χ3v) is 9.87. The summed E-state index contributed by atoms with van der Waals surface area (Å²) in [5.74, 6) is -1.62. The number of carbonyl (C=O) groups is 3. The molecule has 7 rings (SSSR count). The summed E-state index contributed by atoms with van der Waals surface area (Å²) >= 11 is 1.42. The van der Waals surface area contributed by atoms with Crippen molar-refractivity contribution in [3.05, 3.63) is 171 Å². The number of aliphatic hydroxyl groups excluding tert-OH is 1. The lowest BCUT2D eigenvalue weighted by molar-refractivity contribution is -0.645. The van der Waals surface area contributed by atoms with Crippen LogP contribution in [0.2, 0.25) is 0 Å². The SMILES string of the molecule is O=C(NCc1ccc(C2OC(CSc3cccc[n+]3[O-])C(c3ccccc3)C(c3ccc(CO)cc3)O2)cc1)c1ccc2c(c1)C(=O)OC2=O. The topological polar surface area (TPSA) is 138 Å². The van der Waals surface area contributed by atoms with E-state index in [0.717, 1.165) is 32.5 Å². The van der Waals surface area contributed by atoms with E-state index in [9.17, 15) is 24.7 Å². The smallest absolute Gasteiger partial charge is 0.346 e. The van der Waals surface area contributed by atoms with Gasteiger partial charge in [0.25, 0.3) is 10.9 Å². The summed E-state index contributed by atoms with van der Waals surface area (Å²) in [4.78, 5) is 36.5. The molecule has 1 aromatic heterocycles. The predicted molar refractivity (Wildman–Crippen MR) is 183 cm³/mol. The molecule has 1 saturated heterocycles. The zero-order valence-corrected chi connectivity index (χ0v) is 27.5. The number of rotatable bonds is 10. The van der Waals surface area contributed by atoms with Crippen molar-refractivity contribution in [2.24, 2.45) is 0 Å². The van der Waals surface area contributed by atoms with E-state index in [0.29, 0.717) is 10.8 Å². The maximum atomic E-state index is 12.9. The fourth-order valence-corrected chi connectivity index (χ4v) is 7.13. The molecule has 0 spiro atoms.